The summed E-state index contributed by atoms with van der Waals surface area (Å²) in [4.78, 5) is 39.2. The molecule has 0 bridgehead atoms. The van der Waals surface area contributed by atoms with E-state index in [1.165, 1.54) is 11.6 Å². The van der Waals surface area contributed by atoms with Gasteiger partial charge in [-0.15, -0.1) is 0 Å². The number of nitrogens with one attached hydrogen (secondary N) is 2. The van der Waals surface area contributed by atoms with E-state index in [0.29, 0.717) is 17.1 Å². The van der Waals surface area contributed by atoms with Crippen LogP contribution in [-0.2, 0) is 11.8 Å². The number of ether oxygens (including phenoxy) is 1. The second-order valence-electron chi connectivity index (χ2n) is 8.65. The molecule has 0 atom stereocenters. The first kappa shape index (κ1) is 24.6. The van der Waals surface area contributed by atoms with Crippen molar-refractivity contribution in [3.63, 3.8) is 0 Å². The number of nitrogens with zero attached hydrogens (tertiary/aromatic N) is 2. The molecule has 4 rings (SSSR count). The highest BCUT2D eigenvalue weighted by Gasteiger charge is 2.21. The van der Waals surface area contributed by atoms with Gasteiger partial charge in [0.05, 0.1) is 5.69 Å². The Hall–Kier alpha value is -4.53. The minimum atomic E-state index is -0.635. The van der Waals surface area contributed by atoms with Gasteiger partial charge in [0.25, 0.3) is 11.5 Å². The lowest BCUT2D eigenvalue weighted by Gasteiger charge is -2.19. The molecule has 36 heavy (non-hydrogen) atoms. The van der Waals surface area contributed by atoms with Crippen LogP contribution in [0.3, 0.4) is 0 Å². The summed E-state index contributed by atoms with van der Waals surface area (Å²) >= 11 is 0. The van der Waals surface area contributed by atoms with Crippen molar-refractivity contribution in [3.8, 4) is 11.4 Å². The Bertz CT molecular complexity index is 1610. The first-order valence-corrected chi connectivity index (χ1v) is 11.5. The first-order chi connectivity index (χ1) is 17.1. The Balaban J connectivity index is 1.74. The zero-order valence-corrected chi connectivity index (χ0v) is 20.9. The molecule has 1 aromatic heterocycles. The van der Waals surface area contributed by atoms with Gasteiger partial charge >= 0.3 is 5.69 Å². The smallest absolute Gasteiger partial charge is 0.337 e. The van der Waals surface area contributed by atoms with E-state index >= 15 is 0 Å². The summed E-state index contributed by atoms with van der Waals surface area (Å²) in [6.45, 7) is 5.30. The number of rotatable bonds is 6. The molecule has 1 amide bonds. The van der Waals surface area contributed by atoms with Gasteiger partial charge in [-0.3, -0.25) is 14.2 Å². The van der Waals surface area contributed by atoms with Gasteiger partial charge in [-0.25, -0.2) is 9.36 Å². The topological polar surface area (TPSA) is 120 Å². The monoisotopic (exact) mass is 487 g/mol. The van der Waals surface area contributed by atoms with E-state index in [4.69, 9.17) is 10.5 Å². The van der Waals surface area contributed by atoms with E-state index in [0.717, 1.165) is 32.0 Å². The van der Waals surface area contributed by atoms with Crippen LogP contribution in [0.15, 0.2) is 58.1 Å². The van der Waals surface area contributed by atoms with E-state index in [1.807, 2.05) is 57.2 Å². The van der Waals surface area contributed by atoms with Crippen LogP contribution in [0.5, 0.6) is 5.75 Å². The zero-order valence-electron chi connectivity index (χ0n) is 20.9. The molecule has 186 valence electrons. The van der Waals surface area contributed by atoms with E-state index in [9.17, 15) is 14.4 Å². The summed E-state index contributed by atoms with van der Waals surface area (Å²) in [5, 5.41) is 7.32. The molecule has 0 radical (unpaired) electrons. The molecule has 4 N–H and O–H groups in total. The van der Waals surface area contributed by atoms with Crippen LogP contribution >= 0.6 is 0 Å². The molecule has 9 nitrogen and oxygen atoms in total. The lowest BCUT2D eigenvalue weighted by molar-refractivity contribution is -0.118. The molecule has 0 spiro atoms. The summed E-state index contributed by atoms with van der Waals surface area (Å²) < 4.78 is 8.12. The predicted molar refractivity (Wildman–Crippen MR) is 144 cm³/mol. The molecule has 0 aliphatic carbocycles. The number of fused-ring (bicyclic) bond motifs is 1. The number of hydrogen-bond donors (Lipinski definition) is 3. The van der Waals surface area contributed by atoms with Crippen molar-refractivity contribution in [2.24, 2.45) is 7.05 Å². The van der Waals surface area contributed by atoms with E-state index in [-0.39, 0.29) is 18.1 Å². The van der Waals surface area contributed by atoms with Gasteiger partial charge in [-0.05, 0) is 55.0 Å². The molecule has 0 aliphatic rings. The average Bonchev–Trinajstić information content (AvgIpc) is 2.88. The summed E-state index contributed by atoms with van der Waals surface area (Å²) in [5.41, 5.74) is 8.68. The number of benzene rings is 3. The molecule has 3 aromatic carbocycles. The van der Waals surface area contributed by atoms with Gasteiger partial charge in [0.2, 0.25) is 0 Å². The standard InChI is InChI=1S/C27H29N5O4/c1-15-13-21(16(2)17(3)23(15)28)36-14-22(33)30-24-25(29-4)32(27(35)31(5)26(24)34)20-12-8-10-18-9-6-7-11-19(18)20/h6-13,29H,14,28H2,1-5H3,(H,30,33). The van der Waals surface area contributed by atoms with Gasteiger partial charge in [-0.1, -0.05) is 36.4 Å². The fourth-order valence-corrected chi connectivity index (χ4v) is 4.22. The second-order valence-corrected chi connectivity index (χ2v) is 8.65. The lowest BCUT2D eigenvalue weighted by Crippen LogP contribution is -2.41. The highest BCUT2D eigenvalue weighted by atomic mass is 16.5. The van der Waals surface area contributed by atoms with Crippen molar-refractivity contribution in [2.45, 2.75) is 20.8 Å². The summed E-state index contributed by atoms with van der Waals surface area (Å²) in [7, 11) is 2.96. The minimum Gasteiger partial charge on any atom is -0.483 e. The molecule has 0 fully saturated rings. The van der Waals surface area contributed by atoms with Crippen LogP contribution in [0.2, 0.25) is 0 Å². The molecule has 0 saturated heterocycles. The molecular weight excluding hydrogens is 458 g/mol. The number of carbonyl (C=O) groups excluding carboxylic acids is 1. The van der Waals surface area contributed by atoms with Gasteiger partial charge in [-0.2, -0.15) is 0 Å². The van der Waals surface area contributed by atoms with Gasteiger partial charge in [0.15, 0.2) is 6.61 Å². The number of aryl methyl sites for hydroxylation is 1. The SMILES string of the molecule is CNc1c(NC(=O)COc2cc(C)c(N)c(C)c2C)c(=O)n(C)c(=O)n1-c1cccc2ccccc12. The number of nitrogen functional groups attached to an aromatic ring is 1. The zero-order chi connectivity index (χ0) is 26.1. The highest BCUT2D eigenvalue weighted by Crippen LogP contribution is 2.29. The Morgan fingerprint density at radius 3 is 2.44 bits per heavy atom. The largest absolute Gasteiger partial charge is 0.483 e. The third kappa shape index (κ3) is 4.19. The third-order valence-electron chi connectivity index (χ3n) is 6.43. The molecule has 4 aromatic rings. The Morgan fingerprint density at radius 1 is 1.03 bits per heavy atom. The maximum atomic E-state index is 13.2. The molecule has 0 aliphatic heterocycles. The molecule has 0 saturated carbocycles. The first-order valence-electron chi connectivity index (χ1n) is 11.5. The van der Waals surface area contributed by atoms with Gasteiger partial charge in [0.1, 0.15) is 17.3 Å². The molecule has 1 heterocycles. The molecule has 9 heteroatoms. The number of nitrogens with two attached hydrogens (primary N) is 1. The number of amides is 1. The Labute approximate surface area is 208 Å². The van der Waals surface area contributed by atoms with Crippen LogP contribution in [0, 0.1) is 20.8 Å². The Kier molecular flexibility index (Phi) is 6.57. The number of carbonyl (C=O) groups is 1. The van der Waals surface area contributed by atoms with E-state index < -0.39 is 17.2 Å². The summed E-state index contributed by atoms with van der Waals surface area (Å²) in [6, 6.07) is 15.0. The quantitative estimate of drug-likeness (QED) is 0.359. The highest BCUT2D eigenvalue weighted by molar-refractivity contribution is 5.95. The summed E-state index contributed by atoms with van der Waals surface area (Å²) in [5.74, 6) is 0.165. The fraction of sp³-hybridized carbons (Fsp3) is 0.222. The maximum Gasteiger partial charge on any atom is 0.337 e. The van der Waals surface area contributed by atoms with Gasteiger partial charge in [0, 0.05) is 25.2 Å². The number of anilines is 3. The van der Waals surface area contributed by atoms with Gasteiger partial charge < -0.3 is 21.1 Å². The van der Waals surface area contributed by atoms with Crippen molar-refractivity contribution in [1.82, 2.24) is 9.13 Å². The molecular formula is C27H29N5O4. The maximum absolute atomic E-state index is 13.2. The van der Waals surface area contributed by atoms with Crippen molar-refractivity contribution in [2.75, 3.05) is 30.0 Å². The second kappa shape index (κ2) is 9.61. The van der Waals surface area contributed by atoms with Crippen molar-refractivity contribution in [1.29, 1.82) is 0 Å². The summed E-state index contributed by atoms with van der Waals surface area (Å²) in [6.07, 6.45) is 0. The normalized spacial score (nSPS) is 10.9. The van der Waals surface area contributed by atoms with Crippen molar-refractivity contribution in [3.05, 3.63) is 86.1 Å². The van der Waals surface area contributed by atoms with Crippen LogP contribution in [0.25, 0.3) is 16.5 Å². The lowest BCUT2D eigenvalue weighted by atomic mass is 10.0. The van der Waals surface area contributed by atoms with Crippen molar-refractivity contribution >= 4 is 33.9 Å². The Morgan fingerprint density at radius 2 is 1.72 bits per heavy atom. The average molecular weight is 488 g/mol. The fourth-order valence-electron chi connectivity index (χ4n) is 4.22. The predicted octanol–water partition coefficient (Wildman–Crippen LogP) is 3.26. The van der Waals surface area contributed by atoms with E-state index in [2.05, 4.69) is 10.6 Å². The van der Waals surface area contributed by atoms with Crippen LogP contribution in [0.4, 0.5) is 17.2 Å². The van der Waals surface area contributed by atoms with Crippen LogP contribution < -0.4 is 32.4 Å². The number of aromatic nitrogens is 2. The third-order valence-corrected chi connectivity index (χ3v) is 6.43. The van der Waals surface area contributed by atoms with E-state index in [1.54, 1.807) is 19.2 Å². The minimum absolute atomic E-state index is 0.0532. The number of hydrogen-bond acceptors (Lipinski definition) is 6. The van der Waals surface area contributed by atoms with Crippen molar-refractivity contribution < 1.29 is 9.53 Å². The molecule has 0 unspecified atom stereocenters. The van der Waals surface area contributed by atoms with Crippen LogP contribution in [0.1, 0.15) is 16.7 Å². The van der Waals surface area contributed by atoms with Crippen LogP contribution in [-0.4, -0.2) is 28.7 Å².